The van der Waals surface area contributed by atoms with E-state index in [0.29, 0.717) is 27.9 Å². The second-order valence-corrected chi connectivity index (χ2v) is 3.10. The molecular formula is C10H4N6. The first-order valence-electron chi connectivity index (χ1n) is 4.51. The van der Waals surface area contributed by atoms with E-state index in [-0.39, 0.29) is 0 Å². The van der Waals surface area contributed by atoms with Gasteiger partial charge in [-0.25, -0.2) is 24.9 Å². The maximum Gasteiger partial charge on any atom is 0.181 e. The molecule has 74 valence electrons. The van der Waals surface area contributed by atoms with E-state index in [1.54, 1.807) is 12.3 Å². The van der Waals surface area contributed by atoms with Crippen LogP contribution < -0.4 is 0 Å². The summed E-state index contributed by atoms with van der Waals surface area (Å²) in [5, 5.41) is 8.86. The van der Waals surface area contributed by atoms with E-state index in [4.69, 9.17) is 5.26 Å². The monoisotopic (exact) mass is 208 g/mol. The van der Waals surface area contributed by atoms with Crippen LogP contribution in [0.1, 0.15) is 5.56 Å². The van der Waals surface area contributed by atoms with E-state index in [1.165, 1.54) is 12.5 Å². The molecule has 0 fully saturated rings. The molecule has 0 aliphatic rings. The minimum absolute atomic E-state index is 0.420. The lowest BCUT2D eigenvalue weighted by atomic mass is 10.3. The molecule has 0 N–H and O–H groups in total. The number of fused-ring (bicyclic) bond motifs is 2. The molecule has 0 atom stereocenters. The fourth-order valence-corrected chi connectivity index (χ4v) is 1.42. The molecule has 3 rings (SSSR count). The highest BCUT2D eigenvalue weighted by molar-refractivity contribution is 5.85. The number of nitriles is 1. The van der Waals surface area contributed by atoms with Crippen molar-refractivity contribution < 1.29 is 0 Å². The van der Waals surface area contributed by atoms with Gasteiger partial charge in [-0.1, -0.05) is 0 Å². The van der Waals surface area contributed by atoms with Crippen LogP contribution in [0, 0.1) is 11.3 Å². The average molecular weight is 208 g/mol. The molecule has 0 unspecified atom stereocenters. The summed E-state index contributed by atoms with van der Waals surface area (Å²) < 4.78 is 0. The summed E-state index contributed by atoms with van der Waals surface area (Å²) in [6.45, 7) is 0. The molecule has 16 heavy (non-hydrogen) atoms. The van der Waals surface area contributed by atoms with Gasteiger partial charge in [-0.15, -0.1) is 0 Å². The van der Waals surface area contributed by atoms with Gasteiger partial charge in [0, 0.05) is 12.4 Å². The Kier molecular flexibility index (Phi) is 1.71. The topological polar surface area (TPSA) is 88.2 Å². The van der Waals surface area contributed by atoms with Gasteiger partial charge < -0.3 is 0 Å². The molecule has 0 aliphatic heterocycles. The molecule has 0 bridgehead atoms. The summed E-state index contributed by atoms with van der Waals surface area (Å²) in [6.07, 6.45) is 4.44. The maximum atomic E-state index is 8.86. The molecule has 3 heterocycles. The zero-order chi connectivity index (χ0) is 11.0. The molecular weight excluding hydrogens is 204 g/mol. The van der Waals surface area contributed by atoms with Gasteiger partial charge in [-0.3, -0.25) is 0 Å². The highest BCUT2D eigenvalue weighted by Crippen LogP contribution is 2.15. The third-order valence-electron chi connectivity index (χ3n) is 2.14. The van der Waals surface area contributed by atoms with Crippen LogP contribution in [0.2, 0.25) is 0 Å². The molecule has 3 aromatic heterocycles. The Hall–Kier alpha value is -2.68. The third-order valence-corrected chi connectivity index (χ3v) is 2.14. The average Bonchev–Trinajstić information content (AvgIpc) is 2.55. The molecule has 0 aliphatic carbocycles. The van der Waals surface area contributed by atoms with Crippen LogP contribution in [-0.4, -0.2) is 24.9 Å². The van der Waals surface area contributed by atoms with Crippen molar-refractivity contribution in [3.05, 3.63) is 30.4 Å². The summed E-state index contributed by atoms with van der Waals surface area (Å²) in [6, 6.07) is 3.72. The highest BCUT2D eigenvalue weighted by atomic mass is 15.0. The maximum absolute atomic E-state index is 8.86. The van der Waals surface area contributed by atoms with Crippen molar-refractivity contribution in [3.8, 4) is 6.07 Å². The lowest BCUT2D eigenvalue weighted by Crippen LogP contribution is -1.86. The van der Waals surface area contributed by atoms with E-state index in [1.807, 2.05) is 6.07 Å². The minimum Gasteiger partial charge on any atom is -0.245 e. The summed E-state index contributed by atoms with van der Waals surface area (Å²) in [7, 11) is 0. The molecule has 0 aromatic carbocycles. The molecule has 0 radical (unpaired) electrons. The van der Waals surface area contributed by atoms with E-state index in [9.17, 15) is 0 Å². The first-order valence-corrected chi connectivity index (χ1v) is 4.51. The Morgan fingerprint density at radius 2 is 2.06 bits per heavy atom. The second kappa shape index (κ2) is 3.17. The highest BCUT2D eigenvalue weighted by Gasteiger charge is 2.08. The van der Waals surface area contributed by atoms with Crippen molar-refractivity contribution in [2.24, 2.45) is 0 Å². The number of hydrogen-bond donors (Lipinski definition) is 0. The minimum atomic E-state index is 0.420. The SMILES string of the molecule is N#Cc1cnc2nc3ncnccc3nc12. The zero-order valence-corrected chi connectivity index (χ0v) is 7.99. The van der Waals surface area contributed by atoms with Gasteiger partial charge in [0.05, 0.1) is 5.56 Å². The molecule has 6 nitrogen and oxygen atoms in total. The van der Waals surface area contributed by atoms with Crippen LogP contribution in [0.4, 0.5) is 0 Å². The fourth-order valence-electron chi connectivity index (χ4n) is 1.42. The van der Waals surface area contributed by atoms with Crippen LogP contribution in [0.5, 0.6) is 0 Å². The van der Waals surface area contributed by atoms with Gasteiger partial charge in [-0.05, 0) is 6.07 Å². The standard InChI is InChI=1S/C10H4N6/c11-3-6-4-13-10-8(6)15-7-1-2-12-5-14-9(7)16-10/h1-2,4-5H. The van der Waals surface area contributed by atoms with Gasteiger partial charge in [0.25, 0.3) is 0 Å². The summed E-state index contributed by atoms with van der Waals surface area (Å²) >= 11 is 0. The van der Waals surface area contributed by atoms with Crippen molar-refractivity contribution in [3.63, 3.8) is 0 Å². The quantitative estimate of drug-likeness (QED) is 0.543. The Labute approximate surface area is 89.7 Å². The molecule has 0 spiro atoms. The van der Waals surface area contributed by atoms with Gasteiger partial charge in [0.1, 0.15) is 23.4 Å². The largest absolute Gasteiger partial charge is 0.245 e. The van der Waals surface area contributed by atoms with Crippen molar-refractivity contribution >= 4 is 22.3 Å². The second-order valence-electron chi connectivity index (χ2n) is 3.10. The molecule has 3 aromatic rings. The van der Waals surface area contributed by atoms with E-state index in [0.717, 1.165) is 0 Å². The number of nitrogens with zero attached hydrogens (tertiary/aromatic N) is 6. The first-order chi connectivity index (χ1) is 7.88. The number of aromatic nitrogens is 5. The smallest absolute Gasteiger partial charge is 0.181 e. The Morgan fingerprint density at radius 1 is 1.12 bits per heavy atom. The first kappa shape index (κ1) is 8.61. The fraction of sp³-hybridized carbons (Fsp3) is 0. The van der Waals surface area contributed by atoms with Crippen molar-refractivity contribution in [2.75, 3.05) is 0 Å². The van der Waals surface area contributed by atoms with E-state index < -0.39 is 0 Å². The summed E-state index contributed by atoms with van der Waals surface area (Å²) in [5.74, 6) is 0. The molecule has 0 saturated carbocycles. The van der Waals surface area contributed by atoms with Crippen LogP contribution in [0.25, 0.3) is 22.3 Å². The van der Waals surface area contributed by atoms with Gasteiger partial charge in [0.15, 0.2) is 11.3 Å². The lowest BCUT2D eigenvalue weighted by molar-refractivity contribution is 1.22. The van der Waals surface area contributed by atoms with Crippen LogP contribution in [0.3, 0.4) is 0 Å². The van der Waals surface area contributed by atoms with E-state index >= 15 is 0 Å². The zero-order valence-electron chi connectivity index (χ0n) is 7.99. The molecule has 6 heteroatoms. The van der Waals surface area contributed by atoms with Crippen LogP contribution in [-0.2, 0) is 0 Å². The summed E-state index contributed by atoms with van der Waals surface area (Å²) in [4.78, 5) is 20.4. The van der Waals surface area contributed by atoms with Gasteiger partial charge >= 0.3 is 0 Å². The van der Waals surface area contributed by atoms with Crippen LogP contribution >= 0.6 is 0 Å². The normalized spacial score (nSPS) is 10.4. The van der Waals surface area contributed by atoms with Crippen molar-refractivity contribution in [1.82, 2.24) is 24.9 Å². The molecule has 0 amide bonds. The Bertz CT molecular complexity index is 730. The van der Waals surface area contributed by atoms with Crippen LogP contribution in [0.15, 0.2) is 24.8 Å². The predicted molar refractivity (Wildman–Crippen MR) is 55.1 cm³/mol. The Balaban J connectivity index is 2.51. The Morgan fingerprint density at radius 3 is 2.94 bits per heavy atom. The summed E-state index contributed by atoms with van der Waals surface area (Å²) in [5.41, 5.74) is 2.41. The lowest BCUT2D eigenvalue weighted by Gasteiger charge is -1.90. The van der Waals surface area contributed by atoms with Crippen molar-refractivity contribution in [1.29, 1.82) is 5.26 Å². The van der Waals surface area contributed by atoms with Crippen molar-refractivity contribution in [2.45, 2.75) is 0 Å². The predicted octanol–water partition coefficient (Wildman–Crippen LogP) is 0.840. The van der Waals surface area contributed by atoms with Gasteiger partial charge in [0.2, 0.25) is 0 Å². The number of hydrogen-bond acceptors (Lipinski definition) is 6. The number of rotatable bonds is 0. The van der Waals surface area contributed by atoms with Gasteiger partial charge in [-0.2, -0.15) is 5.26 Å². The molecule has 0 saturated heterocycles. The third kappa shape index (κ3) is 1.15. The van der Waals surface area contributed by atoms with E-state index in [2.05, 4.69) is 24.9 Å².